The lowest BCUT2D eigenvalue weighted by atomic mass is 10.0. The van der Waals surface area contributed by atoms with E-state index in [2.05, 4.69) is 17.2 Å². The standard InChI is InChI=1S/C20H20FN3O3S2/c1-13-8-10-24(11-9-13)29(26,27)16-6-7-17-18(12-16)28-20(22-17)23-19(25)14-2-4-15(21)5-3-14/h2-7,12-13H,8-11H2,1H3,(H,22,23,25). The van der Waals surface area contributed by atoms with Crippen molar-refractivity contribution in [2.45, 2.75) is 24.7 Å². The molecule has 6 nitrogen and oxygen atoms in total. The molecule has 0 spiro atoms. The maximum atomic E-state index is 13.0. The van der Waals surface area contributed by atoms with E-state index in [1.54, 1.807) is 18.2 Å². The molecular weight excluding hydrogens is 413 g/mol. The first-order valence-corrected chi connectivity index (χ1v) is 11.6. The molecule has 1 aromatic heterocycles. The zero-order valence-electron chi connectivity index (χ0n) is 15.8. The van der Waals surface area contributed by atoms with Crippen LogP contribution in [0.4, 0.5) is 9.52 Å². The third-order valence-corrected chi connectivity index (χ3v) is 7.90. The van der Waals surface area contributed by atoms with Gasteiger partial charge in [0, 0.05) is 18.7 Å². The molecule has 3 aromatic rings. The molecule has 0 atom stereocenters. The van der Waals surface area contributed by atoms with Crippen LogP contribution in [-0.4, -0.2) is 36.7 Å². The van der Waals surface area contributed by atoms with Crippen molar-refractivity contribution in [3.05, 3.63) is 53.8 Å². The second-order valence-corrected chi connectivity index (χ2v) is 10.2. The summed E-state index contributed by atoms with van der Waals surface area (Å²) in [7, 11) is -3.55. The number of hydrogen-bond acceptors (Lipinski definition) is 5. The number of benzene rings is 2. The van der Waals surface area contributed by atoms with Crippen LogP contribution in [0.15, 0.2) is 47.4 Å². The summed E-state index contributed by atoms with van der Waals surface area (Å²) in [5, 5.41) is 3.04. The van der Waals surface area contributed by atoms with Crippen LogP contribution in [0.25, 0.3) is 10.2 Å². The van der Waals surface area contributed by atoms with E-state index in [1.807, 2.05) is 0 Å². The Bertz CT molecular complexity index is 1150. The maximum Gasteiger partial charge on any atom is 0.257 e. The number of anilines is 1. The quantitative estimate of drug-likeness (QED) is 0.672. The van der Waals surface area contributed by atoms with Crippen molar-refractivity contribution in [3.8, 4) is 0 Å². The summed E-state index contributed by atoms with van der Waals surface area (Å²) < 4.78 is 41.1. The molecule has 0 radical (unpaired) electrons. The fourth-order valence-corrected chi connectivity index (χ4v) is 5.73. The number of piperidine rings is 1. The van der Waals surface area contributed by atoms with Gasteiger partial charge in [-0.25, -0.2) is 17.8 Å². The minimum absolute atomic E-state index is 0.236. The van der Waals surface area contributed by atoms with Gasteiger partial charge in [0.1, 0.15) is 5.82 Å². The molecule has 4 rings (SSSR count). The highest BCUT2D eigenvalue weighted by atomic mass is 32.2. The summed E-state index contributed by atoms with van der Waals surface area (Å²) in [6.45, 7) is 3.20. The van der Waals surface area contributed by atoms with Crippen molar-refractivity contribution >= 4 is 42.6 Å². The minimum atomic E-state index is -3.55. The number of nitrogens with one attached hydrogen (secondary N) is 1. The molecule has 0 aliphatic carbocycles. The molecule has 2 aromatic carbocycles. The van der Waals surface area contributed by atoms with Crippen LogP contribution in [0.3, 0.4) is 0 Å². The van der Waals surface area contributed by atoms with Gasteiger partial charge in [-0.05, 0) is 61.2 Å². The second kappa shape index (κ2) is 7.81. The van der Waals surface area contributed by atoms with Crippen LogP contribution in [0.2, 0.25) is 0 Å². The van der Waals surface area contributed by atoms with Crippen molar-refractivity contribution in [2.24, 2.45) is 5.92 Å². The molecule has 29 heavy (non-hydrogen) atoms. The van der Waals surface area contributed by atoms with E-state index in [4.69, 9.17) is 0 Å². The third kappa shape index (κ3) is 4.17. The Morgan fingerprint density at radius 2 is 1.86 bits per heavy atom. The Hall–Kier alpha value is -2.36. The molecule has 1 N–H and O–H groups in total. The number of fused-ring (bicyclic) bond motifs is 1. The summed E-state index contributed by atoms with van der Waals surface area (Å²) in [6, 6.07) is 10.0. The zero-order chi connectivity index (χ0) is 20.6. The van der Waals surface area contributed by atoms with E-state index in [0.717, 1.165) is 12.8 Å². The molecular formula is C20H20FN3O3S2. The summed E-state index contributed by atoms with van der Waals surface area (Å²) in [5.74, 6) is -0.282. The number of rotatable bonds is 4. The van der Waals surface area contributed by atoms with Gasteiger partial charge >= 0.3 is 0 Å². The fraction of sp³-hybridized carbons (Fsp3) is 0.300. The number of hydrogen-bond donors (Lipinski definition) is 1. The van der Waals surface area contributed by atoms with Gasteiger partial charge < -0.3 is 0 Å². The van der Waals surface area contributed by atoms with Crippen molar-refractivity contribution in [1.29, 1.82) is 0 Å². The molecule has 0 saturated carbocycles. The van der Waals surface area contributed by atoms with Gasteiger partial charge in [0.25, 0.3) is 5.91 Å². The molecule has 1 fully saturated rings. The number of thiazole rings is 1. The highest BCUT2D eigenvalue weighted by Crippen LogP contribution is 2.30. The molecule has 152 valence electrons. The van der Waals surface area contributed by atoms with E-state index >= 15 is 0 Å². The van der Waals surface area contributed by atoms with E-state index in [9.17, 15) is 17.6 Å². The SMILES string of the molecule is CC1CCN(S(=O)(=O)c2ccc3nc(NC(=O)c4ccc(F)cc4)sc3c2)CC1. The van der Waals surface area contributed by atoms with E-state index in [-0.39, 0.29) is 4.90 Å². The lowest BCUT2D eigenvalue weighted by Crippen LogP contribution is -2.37. The van der Waals surface area contributed by atoms with Gasteiger partial charge in [-0.3, -0.25) is 10.1 Å². The van der Waals surface area contributed by atoms with Gasteiger partial charge in [-0.1, -0.05) is 18.3 Å². The van der Waals surface area contributed by atoms with Crippen LogP contribution < -0.4 is 5.32 Å². The van der Waals surface area contributed by atoms with E-state index in [0.29, 0.717) is 39.9 Å². The predicted octanol–water partition coefficient (Wildman–Crippen LogP) is 4.11. The number of amides is 1. The highest BCUT2D eigenvalue weighted by molar-refractivity contribution is 7.89. The summed E-state index contributed by atoms with van der Waals surface area (Å²) in [5.41, 5.74) is 0.920. The summed E-state index contributed by atoms with van der Waals surface area (Å²) in [6.07, 6.45) is 1.73. The highest BCUT2D eigenvalue weighted by Gasteiger charge is 2.28. The number of carbonyl (C=O) groups excluding carboxylic acids is 1. The van der Waals surface area contributed by atoms with Gasteiger partial charge in [0.15, 0.2) is 5.13 Å². The van der Waals surface area contributed by atoms with Gasteiger partial charge in [-0.2, -0.15) is 4.31 Å². The Morgan fingerprint density at radius 1 is 1.17 bits per heavy atom. The molecule has 1 amide bonds. The minimum Gasteiger partial charge on any atom is -0.298 e. The van der Waals surface area contributed by atoms with Crippen LogP contribution >= 0.6 is 11.3 Å². The first-order valence-electron chi connectivity index (χ1n) is 9.30. The van der Waals surface area contributed by atoms with Gasteiger partial charge in [0.2, 0.25) is 10.0 Å². The normalized spacial score (nSPS) is 16.2. The average molecular weight is 434 g/mol. The molecule has 1 aliphatic heterocycles. The number of aromatic nitrogens is 1. The smallest absolute Gasteiger partial charge is 0.257 e. The first-order chi connectivity index (χ1) is 13.8. The number of halogens is 1. The van der Waals surface area contributed by atoms with Crippen LogP contribution in [0.1, 0.15) is 30.1 Å². The predicted molar refractivity (Wildman–Crippen MR) is 111 cm³/mol. The summed E-state index contributed by atoms with van der Waals surface area (Å²) >= 11 is 1.20. The van der Waals surface area contributed by atoms with Crippen molar-refractivity contribution in [3.63, 3.8) is 0 Å². The van der Waals surface area contributed by atoms with Crippen molar-refractivity contribution in [1.82, 2.24) is 9.29 Å². The lowest BCUT2D eigenvalue weighted by molar-refractivity contribution is 0.102. The van der Waals surface area contributed by atoms with Crippen LogP contribution in [0, 0.1) is 11.7 Å². The number of nitrogens with zero attached hydrogens (tertiary/aromatic N) is 2. The van der Waals surface area contributed by atoms with E-state index in [1.165, 1.54) is 39.9 Å². The Labute approximate surface area is 172 Å². The van der Waals surface area contributed by atoms with Crippen LogP contribution in [0.5, 0.6) is 0 Å². The van der Waals surface area contributed by atoms with Crippen LogP contribution in [-0.2, 0) is 10.0 Å². The Kier molecular flexibility index (Phi) is 5.37. The molecule has 0 unspecified atom stereocenters. The van der Waals surface area contributed by atoms with Crippen molar-refractivity contribution in [2.75, 3.05) is 18.4 Å². The molecule has 1 saturated heterocycles. The molecule has 0 bridgehead atoms. The topological polar surface area (TPSA) is 79.4 Å². The molecule has 9 heteroatoms. The lowest BCUT2D eigenvalue weighted by Gasteiger charge is -2.29. The number of sulfonamides is 1. The third-order valence-electron chi connectivity index (χ3n) is 5.07. The second-order valence-electron chi connectivity index (χ2n) is 7.20. The van der Waals surface area contributed by atoms with E-state index < -0.39 is 21.7 Å². The van der Waals surface area contributed by atoms with Crippen molar-refractivity contribution < 1.29 is 17.6 Å². The summed E-state index contributed by atoms with van der Waals surface area (Å²) in [4.78, 5) is 16.9. The Balaban J connectivity index is 1.56. The monoisotopic (exact) mass is 433 g/mol. The maximum absolute atomic E-state index is 13.0. The molecule has 2 heterocycles. The first kappa shape index (κ1) is 19.9. The Morgan fingerprint density at radius 3 is 2.55 bits per heavy atom. The van der Waals surface area contributed by atoms with Gasteiger partial charge in [0.05, 0.1) is 15.1 Å². The largest absolute Gasteiger partial charge is 0.298 e. The fourth-order valence-electron chi connectivity index (χ4n) is 3.26. The zero-order valence-corrected chi connectivity index (χ0v) is 17.4. The number of carbonyl (C=O) groups is 1. The van der Waals surface area contributed by atoms with Gasteiger partial charge in [-0.15, -0.1) is 0 Å². The molecule has 1 aliphatic rings. The average Bonchev–Trinajstić information content (AvgIpc) is 3.10.